The average molecular weight is 214 g/mol. The van der Waals surface area contributed by atoms with Gasteiger partial charge in [-0.2, -0.15) is 0 Å². The molecule has 1 N–H and O–H groups in total. The summed E-state index contributed by atoms with van der Waals surface area (Å²) in [7, 11) is 0. The highest BCUT2D eigenvalue weighted by Crippen LogP contribution is 2.08. The number of hydrogen-bond donors (Lipinski definition) is 1. The quantitative estimate of drug-likeness (QED) is 0.778. The number of rotatable bonds is 6. The van der Waals surface area contributed by atoms with Gasteiger partial charge >= 0.3 is 5.97 Å². The molecule has 0 spiro atoms. The fourth-order valence-electron chi connectivity index (χ4n) is 1.24. The second-order valence-electron chi connectivity index (χ2n) is 3.03. The number of aromatic nitrogens is 1. The highest BCUT2D eigenvalue weighted by atomic mass is 32.1. The summed E-state index contributed by atoms with van der Waals surface area (Å²) in [5.41, 5.74) is 0. The van der Waals surface area contributed by atoms with Gasteiger partial charge in [-0.15, -0.1) is 11.3 Å². The maximum absolute atomic E-state index is 10.6. The fourth-order valence-corrected chi connectivity index (χ4v) is 1.90. The van der Waals surface area contributed by atoms with Crippen molar-refractivity contribution in [2.45, 2.75) is 19.9 Å². The van der Waals surface area contributed by atoms with Crippen LogP contribution in [0.25, 0.3) is 0 Å². The highest BCUT2D eigenvalue weighted by Gasteiger charge is 2.10. The van der Waals surface area contributed by atoms with Crippen LogP contribution in [0.4, 0.5) is 0 Å². The van der Waals surface area contributed by atoms with Crippen molar-refractivity contribution in [3.8, 4) is 0 Å². The van der Waals surface area contributed by atoms with Crippen molar-refractivity contribution in [1.29, 1.82) is 0 Å². The van der Waals surface area contributed by atoms with Crippen LogP contribution in [0.5, 0.6) is 0 Å². The molecule has 0 unspecified atom stereocenters. The molecule has 0 atom stereocenters. The third-order valence-corrected chi connectivity index (χ3v) is 2.51. The van der Waals surface area contributed by atoms with Crippen LogP contribution in [0.2, 0.25) is 0 Å². The zero-order valence-electron chi connectivity index (χ0n) is 8.14. The molecule has 0 saturated heterocycles. The van der Waals surface area contributed by atoms with Crippen molar-refractivity contribution in [2.75, 3.05) is 13.1 Å². The lowest BCUT2D eigenvalue weighted by Crippen LogP contribution is -2.29. The topological polar surface area (TPSA) is 53.4 Å². The molecular formula is C9H14N2O2S. The molecule has 78 valence electrons. The second-order valence-corrected chi connectivity index (χ2v) is 4.01. The third kappa shape index (κ3) is 3.85. The van der Waals surface area contributed by atoms with Crippen molar-refractivity contribution in [2.24, 2.45) is 0 Å². The van der Waals surface area contributed by atoms with Crippen molar-refractivity contribution in [1.82, 2.24) is 9.88 Å². The van der Waals surface area contributed by atoms with E-state index in [1.54, 1.807) is 17.5 Å². The Hall–Kier alpha value is -0.940. The number of aliphatic carboxylic acids is 1. The number of thiazole rings is 1. The van der Waals surface area contributed by atoms with E-state index in [0.717, 1.165) is 18.0 Å². The van der Waals surface area contributed by atoms with Crippen LogP contribution >= 0.6 is 11.3 Å². The zero-order chi connectivity index (χ0) is 10.4. The average Bonchev–Trinajstić information content (AvgIpc) is 2.56. The zero-order valence-corrected chi connectivity index (χ0v) is 8.96. The fraction of sp³-hybridized carbons (Fsp3) is 0.556. The van der Waals surface area contributed by atoms with Crippen molar-refractivity contribution < 1.29 is 9.90 Å². The summed E-state index contributed by atoms with van der Waals surface area (Å²) < 4.78 is 0. The van der Waals surface area contributed by atoms with Crippen molar-refractivity contribution in [3.05, 3.63) is 16.6 Å². The summed E-state index contributed by atoms with van der Waals surface area (Å²) >= 11 is 1.56. The Morgan fingerprint density at radius 1 is 1.71 bits per heavy atom. The van der Waals surface area contributed by atoms with E-state index in [0.29, 0.717) is 6.54 Å². The molecule has 0 aliphatic rings. The minimum absolute atomic E-state index is 0.0907. The SMILES string of the molecule is CCCN(CC(=O)O)Cc1nccs1. The van der Waals surface area contributed by atoms with Gasteiger partial charge < -0.3 is 5.11 Å². The lowest BCUT2D eigenvalue weighted by molar-refractivity contribution is -0.138. The normalized spacial score (nSPS) is 10.7. The molecule has 0 aromatic carbocycles. The molecule has 0 saturated carbocycles. The van der Waals surface area contributed by atoms with Crippen LogP contribution in [-0.4, -0.2) is 34.0 Å². The number of carboxylic acids is 1. The van der Waals surface area contributed by atoms with Crippen LogP contribution in [-0.2, 0) is 11.3 Å². The minimum atomic E-state index is -0.782. The van der Waals surface area contributed by atoms with E-state index in [1.807, 2.05) is 17.2 Å². The first-order valence-electron chi connectivity index (χ1n) is 4.55. The lowest BCUT2D eigenvalue weighted by atomic mass is 10.4. The van der Waals surface area contributed by atoms with Crippen LogP contribution < -0.4 is 0 Å². The predicted octanol–water partition coefficient (Wildman–Crippen LogP) is 1.44. The molecule has 0 bridgehead atoms. The molecule has 0 fully saturated rings. The van der Waals surface area contributed by atoms with Gasteiger partial charge in [0.1, 0.15) is 5.01 Å². The van der Waals surface area contributed by atoms with Crippen molar-refractivity contribution in [3.63, 3.8) is 0 Å². The number of nitrogens with zero attached hydrogens (tertiary/aromatic N) is 2. The van der Waals surface area contributed by atoms with E-state index in [9.17, 15) is 4.79 Å². The summed E-state index contributed by atoms with van der Waals surface area (Å²) in [5, 5.41) is 11.6. The summed E-state index contributed by atoms with van der Waals surface area (Å²) in [6.07, 6.45) is 2.70. The van der Waals surface area contributed by atoms with Gasteiger partial charge in [-0.1, -0.05) is 6.92 Å². The van der Waals surface area contributed by atoms with Gasteiger partial charge in [-0.05, 0) is 13.0 Å². The molecule has 1 aromatic rings. The molecule has 1 heterocycles. The van der Waals surface area contributed by atoms with Crippen LogP contribution in [0.3, 0.4) is 0 Å². The van der Waals surface area contributed by atoms with E-state index in [1.165, 1.54) is 0 Å². The Labute approximate surface area is 87.2 Å². The Morgan fingerprint density at radius 2 is 2.50 bits per heavy atom. The first-order chi connectivity index (χ1) is 6.72. The van der Waals surface area contributed by atoms with Crippen LogP contribution in [0.1, 0.15) is 18.4 Å². The number of carbonyl (C=O) groups is 1. The highest BCUT2D eigenvalue weighted by molar-refractivity contribution is 7.09. The molecule has 14 heavy (non-hydrogen) atoms. The van der Waals surface area contributed by atoms with Gasteiger partial charge in [-0.3, -0.25) is 9.69 Å². The van der Waals surface area contributed by atoms with E-state index < -0.39 is 5.97 Å². The minimum Gasteiger partial charge on any atom is -0.480 e. The Morgan fingerprint density at radius 3 is 3.00 bits per heavy atom. The maximum atomic E-state index is 10.6. The molecule has 4 nitrogen and oxygen atoms in total. The van der Waals surface area contributed by atoms with E-state index >= 15 is 0 Å². The molecule has 0 aliphatic heterocycles. The summed E-state index contributed by atoms with van der Waals surface area (Å²) in [6, 6.07) is 0. The third-order valence-electron chi connectivity index (χ3n) is 1.74. The lowest BCUT2D eigenvalue weighted by Gasteiger charge is -2.17. The molecule has 1 aromatic heterocycles. The molecule has 0 amide bonds. The maximum Gasteiger partial charge on any atom is 0.317 e. The number of carboxylic acid groups (broad SMARTS) is 1. The molecule has 1 rings (SSSR count). The molecule has 0 radical (unpaired) electrons. The summed E-state index contributed by atoms with van der Waals surface area (Å²) in [4.78, 5) is 16.6. The Kier molecular flexibility index (Phi) is 4.55. The summed E-state index contributed by atoms with van der Waals surface area (Å²) in [5.74, 6) is -0.782. The summed E-state index contributed by atoms with van der Waals surface area (Å²) in [6.45, 7) is 3.56. The van der Waals surface area contributed by atoms with E-state index in [4.69, 9.17) is 5.11 Å². The van der Waals surface area contributed by atoms with Crippen LogP contribution in [0, 0.1) is 0 Å². The van der Waals surface area contributed by atoms with Crippen molar-refractivity contribution >= 4 is 17.3 Å². The van der Waals surface area contributed by atoms with Gasteiger partial charge in [0, 0.05) is 11.6 Å². The van der Waals surface area contributed by atoms with Gasteiger partial charge in [0.05, 0.1) is 13.1 Å². The first kappa shape index (κ1) is 11.1. The van der Waals surface area contributed by atoms with Gasteiger partial charge in [-0.25, -0.2) is 4.98 Å². The van der Waals surface area contributed by atoms with E-state index in [-0.39, 0.29) is 6.54 Å². The Bertz CT molecular complexity index is 274. The van der Waals surface area contributed by atoms with E-state index in [2.05, 4.69) is 4.98 Å². The number of hydrogen-bond acceptors (Lipinski definition) is 4. The Balaban J connectivity index is 2.46. The van der Waals surface area contributed by atoms with Gasteiger partial charge in [0.25, 0.3) is 0 Å². The smallest absolute Gasteiger partial charge is 0.317 e. The molecular weight excluding hydrogens is 200 g/mol. The van der Waals surface area contributed by atoms with Gasteiger partial charge in [0.15, 0.2) is 0 Å². The van der Waals surface area contributed by atoms with Crippen LogP contribution in [0.15, 0.2) is 11.6 Å². The molecule has 0 aliphatic carbocycles. The van der Waals surface area contributed by atoms with Gasteiger partial charge in [0.2, 0.25) is 0 Å². The largest absolute Gasteiger partial charge is 0.480 e. The monoisotopic (exact) mass is 214 g/mol. The second kappa shape index (κ2) is 5.72. The molecule has 5 heteroatoms. The standard InChI is InChI=1S/C9H14N2O2S/c1-2-4-11(7-9(12)13)6-8-10-3-5-14-8/h3,5H,2,4,6-7H2,1H3,(H,12,13). The predicted molar refractivity (Wildman–Crippen MR) is 55.3 cm³/mol. The first-order valence-corrected chi connectivity index (χ1v) is 5.43.